The van der Waals surface area contributed by atoms with Crippen LogP contribution in [0.4, 0.5) is 0 Å². The summed E-state index contributed by atoms with van der Waals surface area (Å²) in [5, 5.41) is 0. The minimum absolute atomic E-state index is 0.240. The molecule has 0 rings (SSSR count). The molecule has 0 heterocycles. The Balaban J connectivity index is 4.80. The molecule has 92 valence electrons. The van der Waals surface area contributed by atoms with E-state index in [2.05, 4.69) is 67.2 Å². The Kier molecular flexibility index (Phi) is 5.61. The Labute approximate surface area is 106 Å². The summed E-state index contributed by atoms with van der Waals surface area (Å²) in [6.07, 6.45) is 6.31. The maximum atomic E-state index is 3.87. The van der Waals surface area contributed by atoms with Gasteiger partial charge in [0.2, 0.25) is 0 Å². The summed E-state index contributed by atoms with van der Waals surface area (Å²) >= 11 is 1.85. The molecule has 0 N–H and O–H groups in total. The van der Waals surface area contributed by atoms with E-state index in [0.717, 1.165) is 0 Å². The van der Waals surface area contributed by atoms with E-state index in [0.29, 0.717) is 0 Å². The van der Waals surface area contributed by atoms with Gasteiger partial charge in [-0.2, -0.15) is 0 Å². The highest BCUT2D eigenvalue weighted by Gasteiger charge is 2.13. The Morgan fingerprint density at radius 2 is 1.50 bits per heavy atom. The molecule has 0 atom stereocenters. The van der Waals surface area contributed by atoms with Gasteiger partial charge in [-0.1, -0.05) is 65.8 Å². The van der Waals surface area contributed by atoms with Gasteiger partial charge in [0.15, 0.2) is 0 Å². The second kappa shape index (κ2) is 5.77. The molecule has 0 aliphatic heterocycles. The molecule has 0 saturated heterocycles. The molecule has 0 aromatic heterocycles. The topological polar surface area (TPSA) is 0 Å². The van der Waals surface area contributed by atoms with Crippen LogP contribution >= 0.6 is 11.8 Å². The molecule has 16 heavy (non-hydrogen) atoms. The molecule has 0 unspecified atom stereocenters. The van der Waals surface area contributed by atoms with Gasteiger partial charge in [0.05, 0.1) is 0 Å². The van der Waals surface area contributed by atoms with Gasteiger partial charge in [-0.3, -0.25) is 0 Å². The molecule has 0 fully saturated rings. The number of hydrogen-bond acceptors (Lipinski definition) is 1. The molecular weight excluding hydrogens is 212 g/mol. The largest absolute Gasteiger partial charge is 0.120 e. The van der Waals surface area contributed by atoms with Crippen molar-refractivity contribution >= 4 is 11.8 Å². The van der Waals surface area contributed by atoms with E-state index in [1.54, 1.807) is 0 Å². The van der Waals surface area contributed by atoms with E-state index in [1.165, 1.54) is 10.5 Å². The van der Waals surface area contributed by atoms with Crippen LogP contribution in [0.2, 0.25) is 0 Å². The summed E-state index contributed by atoms with van der Waals surface area (Å²) in [5.74, 6) is 0. The van der Waals surface area contributed by atoms with Gasteiger partial charge in [0.25, 0.3) is 0 Å². The predicted octanol–water partition coefficient (Wildman–Crippen LogP) is 5.58. The lowest BCUT2D eigenvalue weighted by Crippen LogP contribution is -2.07. The zero-order valence-electron chi connectivity index (χ0n) is 11.8. The van der Waals surface area contributed by atoms with Gasteiger partial charge in [0.1, 0.15) is 0 Å². The third kappa shape index (κ3) is 6.95. The molecule has 0 amide bonds. The highest BCUT2D eigenvalue weighted by Crippen LogP contribution is 2.32. The maximum Gasteiger partial charge on any atom is 0.0122 e. The van der Waals surface area contributed by atoms with Gasteiger partial charge >= 0.3 is 0 Å². The zero-order valence-corrected chi connectivity index (χ0v) is 12.7. The molecule has 0 aromatic carbocycles. The quantitative estimate of drug-likeness (QED) is 0.578. The van der Waals surface area contributed by atoms with Crippen LogP contribution in [0.25, 0.3) is 0 Å². The first-order valence-electron chi connectivity index (χ1n) is 5.77. The number of hydrogen-bond donors (Lipinski definition) is 0. The molecule has 0 saturated carbocycles. The van der Waals surface area contributed by atoms with E-state index in [-0.39, 0.29) is 10.2 Å². The molecule has 0 aliphatic carbocycles. The normalized spacial score (nSPS) is 15.2. The van der Waals surface area contributed by atoms with Gasteiger partial charge in [-0.05, 0) is 18.4 Å². The number of allylic oxidation sites excluding steroid dienone is 4. The Bertz CT molecular complexity index is 292. The molecule has 0 aliphatic rings. The molecule has 0 spiro atoms. The van der Waals surface area contributed by atoms with E-state index in [1.807, 2.05) is 17.8 Å². The maximum absolute atomic E-state index is 3.87. The van der Waals surface area contributed by atoms with E-state index in [9.17, 15) is 0 Å². The van der Waals surface area contributed by atoms with Crippen LogP contribution in [-0.4, -0.2) is 4.75 Å². The average Bonchev–Trinajstić information content (AvgIpc) is 2.08. The van der Waals surface area contributed by atoms with Crippen LogP contribution in [0.1, 0.15) is 48.5 Å². The van der Waals surface area contributed by atoms with Crippen LogP contribution in [0, 0.1) is 5.41 Å². The van der Waals surface area contributed by atoms with Crippen LogP contribution in [-0.2, 0) is 0 Å². The third-order valence-corrected chi connectivity index (χ3v) is 3.46. The SMILES string of the molecule is C=C/C(=C\C=C(/C)C(C)(C)C)SC(C)(C)C. The Morgan fingerprint density at radius 1 is 1.00 bits per heavy atom. The second-order valence-corrected chi connectivity index (χ2v) is 7.99. The average molecular weight is 238 g/mol. The van der Waals surface area contributed by atoms with Crippen LogP contribution < -0.4 is 0 Å². The van der Waals surface area contributed by atoms with Crippen molar-refractivity contribution in [3.05, 3.63) is 35.3 Å². The van der Waals surface area contributed by atoms with Crippen LogP contribution in [0.3, 0.4) is 0 Å². The van der Waals surface area contributed by atoms with Gasteiger partial charge in [-0.25, -0.2) is 0 Å². The smallest absolute Gasteiger partial charge is 0.0122 e. The Morgan fingerprint density at radius 3 is 1.81 bits per heavy atom. The van der Waals surface area contributed by atoms with E-state index in [4.69, 9.17) is 0 Å². The summed E-state index contributed by atoms with van der Waals surface area (Å²) < 4.78 is 0.240. The highest BCUT2D eigenvalue weighted by atomic mass is 32.2. The minimum Gasteiger partial charge on any atom is -0.120 e. The lowest BCUT2D eigenvalue weighted by Gasteiger charge is -2.20. The second-order valence-electron chi connectivity index (χ2n) is 6.09. The molecule has 1 heteroatoms. The fraction of sp³-hybridized carbons (Fsp3) is 0.600. The first-order chi connectivity index (χ1) is 7.06. The summed E-state index contributed by atoms with van der Waals surface area (Å²) in [7, 11) is 0. The highest BCUT2D eigenvalue weighted by molar-refractivity contribution is 8.04. The number of thioether (sulfide) groups is 1. The monoisotopic (exact) mass is 238 g/mol. The molecule has 0 radical (unpaired) electrons. The first-order valence-corrected chi connectivity index (χ1v) is 6.58. The van der Waals surface area contributed by atoms with Crippen LogP contribution in [0.5, 0.6) is 0 Å². The van der Waals surface area contributed by atoms with Gasteiger partial charge in [-0.15, -0.1) is 11.8 Å². The van der Waals surface area contributed by atoms with Crippen LogP contribution in [0.15, 0.2) is 35.3 Å². The number of rotatable bonds is 3. The Hall–Kier alpha value is -0.430. The zero-order chi connectivity index (χ0) is 13.0. The summed E-state index contributed by atoms with van der Waals surface area (Å²) in [6.45, 7) is 19.4. The molecule has 0 bridgehead atoms. The van der Waals surface area contributed by atoms with Crippen molar-refractivity contribution in [1.82, 2.24) is 0 Å². The predicted molar refractivity (Wildman–Crippen MR) is 78.8 cm³/mol. The van der Waals surface area contributed by atoms with Crippen molar-refractivity contribution in [2.75, 3.05) is 0 Å². The van der Waals surface area contributed by atoms with Gasteiger partial charge in [0, 0.05) is 9.65 Å². The lowest BCUT2D eigenvalue weighted by molar-refractivity contribution is 0.504. The fourth-order valence-corrected chi connectivity index (χ4v) is 1.88. The molecule has 0 nitrogen and oxygen atoms in total. The van der Waals surface area contributed by atoms with E-state index < -0.39 is 0 Å². The fourth-order valence-electron chi connectivity index (χ4n) is 0.954. The van der Waals surface area contributed by atoms with Crippen molar-refractivity contribution in [2.24, 2.45) is 5.41 Å². The third-order valence-electron chi connectivity index (χ3n) is 2.31. The van der Waals surface area contributed by atoms with Crippen molar-refractivity contribution in [3.8, 4) is 0 Å². The summed E-state index contributed by atoms with van der Waals surface area (Å²) in [4.78, 5) is 1.23. The van der Waals surface area contributed by atoms with Crippen molar-refractivity contribution in [2.45, 2.75) is 53.2 Å². The van der Waals surface area contributed by atoms with Crippen molar-refractivity contribution in [3.63, 3.8) is 0 Å². The van der Waals surface area contributed by atoms with E-state index >= 15 is 0 Å². The minimum atomic E-state index is 0.240. The lowest BCUT2D eigenvalue weighted by atomic mass is 9.87. The van der Waals surface area contributed by atoms with Crippen molar-refractivity contribution in [1.29, 1.82) is 0 Å². The summed E-state index contributed by atoms with van der Waals surface area (Å²) in [6, 6.07) is 0. The van der Waals surface area contributed by atoms with Gasteiger partial charge < -0.3 is 0 Å². The first kappa shape index (κ1) is 15.6. The van der Waals surface area contributed by atoms with Crippen molar-refractivity contribution < 1.29 is 0 Å². The molecule has 0 aromatic rings. The standard InChI is InChI=1S/C15H26S/c1-9-13(16-15(6,7)8)11-10-12(2)14(3,4)5/h9-11H,1H2,2-8H3/b12-10+,13-11+. The molecular formula is C15H26S. The summed E-state index contributed by atoms with van der Waals surface area (Å²) in [5.41, 5.74) is 1.64.